The van der Waals surface area contributed by atoms with Crippen molar-refractivity contribution >= 4 is 34.2 Å². The fourth-order valence-electron chi connectivity index (χ4n) is 5.60. The second-order valence-corrected chi connectivity index (χ2v) is 10.8. The molecule has 2 aromatic carbocycles. The van der Waals surface area contributed by atoms with Crippen LogP contribution in [-0.2, 0) is 7.05 Å². The normalized spacial score (nSPS) is 22.2. The number of carbonyl (C=O) groups is 1. The number of rotatable bonds is 7. The fraction of sp³-hybridized carbons (Fsp3) is 0.429. The number of amides is 1. The summed E-state index contributed by atoms with van der Waals surface area (Å²) in [7, 11) is 3.56. The Bertz CT molecular complexity index is 1260. The van der Waals surface area contributed by atoms with Crippen LogP contribution in [0.1, 0.15) is 41.4 Å². The first-order valence-electron chi connectivity index (χ1n) is 12.4. The minimum absolute atomic E-state index is 0.0583. The monoisotopic (exact) mass is 599 g/mol. The van der Waals surface area contributed by atoms with Gasteiger partial charge in [0.25, 0.3) is 5.91 Å². The minimum Gasteiger partial charge on any atom is -0.497 e. The van der Waals surface area contributed by atoms with Crippen molar-refractivity contribution in [2.75, 3.05) is 29.7 Å². The summed E-state index contributed by atoms with van der Waals surface area (Å²) in [6.07, 6.45) is 3.81. The third kappa shape index (κ3) is 4.61. The number of ether oxygens (including phenoxy) is 1. The Balaban J connectivity index is 1.34. The van der Waals surface area contributed by atoms with Gasteiger partial charge in [-0.2, -0.15) is 5.10 Å². The average Bonchev–Trinajstić information content (AvgIpc) is 3.33. The van der Waals surface area contributed by atoms with Gasteiger partial charge in [0.1, 0.15) is 5.75 Å². The van der Waals surface area contributed by atoms with Crippen molar-refractivity contribution in [3.05, 3.63) is 65.5 Å². The topological polar surface area (TPSA) is 62.6 Å². The summed E-state index contributed by atoms with van der Waals surface area (Å²) >= 11 is 2.47. The number of hydrogen-bond donors (Lipinski definition) is 1. The Morgan fingerprint density at radius 3 is 2.58 bits per heavy atom. The third-order valence-corrected chi connectivity index (χ3v) is 8.69. The van der Waals surface area contributed by atoms with E-state index in [0.717, 1.165) is 62.8 Å². The number of fused-ring (bicyclic) bond motifs is 2. The van der Waals surface area contributed by atoms with E-state index in [0.29, 0.717) is 12.1 Å². The standard InChI is InChI=1S/C28H34IN5O2/c1-17-6-7-23(33-14-26-18(2)27(15-33)34(26)16-29)11-25(17)28(35)31-19(3)20-8-21(10-24(9-20)36-5)22-12-30-32(4)13-22/h6-13,18-19,26-27H,14-16H2,1-5H3,(H,31,35)/t18?,19-,26-,27+/m1/s1. The Labute approximate surface area is 226 Å². The Morgan fingerprint density at radius 1 is 1.19 bits per heavy atom. The van der Waals surface area contributed by atoms with Crippen molar-refractivity contribution in [2.24, 2.45) is 13.0 Å². The lowest BCUT2D eigenvalue weighted by Gasteiger charge is -2.61. The highest BCUT2D eigenvalue weighted by Gasteiger charge is 2.50. The molecule has 2 bridgehead atoms. The number of aromatic nitrogens is 2. The molecule has 3 aliphatic heterocycles. The van der Waals surface area contributed by atoms with Crippen LogP contribution in [0.5, 0.6) is 5.75 Å². The van der Waals surface area contributed by atoms with Gasteiger partial charge in [0.05, 0.1) is 23.9 Å². The first-order chi connectivity index (χ1) is 17.3. The first-order valence-corrected chi connectivity index (χ1v) is 14.0. The van der Waals surface area contributed by atoms with Gasteiger partial charge in [-0.25, -0.2) is 0 Å². The van der Waals surface area contributed by atoms with Gasteiger partial charge in [-0.1, -0.05) is 35.6 Å². The maximum absolute atomic E-state index is 13.4. The maximum atomic E-state index is 13.4. The molecule has 190 valence electrons. The van der Waals surface area contributed by atoms with Crippen LogP contribution in [0.4, 0.5) is 5.69 Å². The van der Waals surface area contributed by atoms with Gasteiger partial charge in [-0.3, -0.25) is 14.4 Å². The van der Waals surface area contributed by atoms with Gasteiger partial charge in [0, 0.05) is 55.2 Å². The van der Waals surface area contributed by atoms with E-state index in [9.17, 15) is 4.79 Å². The summed E-state index contributed by atoms with van der Waals surface area (Å²) < 4.78 is 8.41. The van der Waals surface area contributed by atoms with E-state index < -0.39 is 0 Å². The van der Waals surface area contributed by atoms with Crippen LogP contribution in [-0.4, -0.2) is 57.4 Å². The van der Waals surface area contributed by atoms with Crippen LogP contribution in [0.3, 0.4) is 0 Å². The number of halogens is 1. The third-order valence-electron chi connectivity index (χ3n) is 7.90. The van der Waals surface area contributed by atoms with Gasteiger partial charge in [0.15, 0.2) is 0 Å². The second-order valence-electron chi connectivity index (χ2n) is 10.1. The number of piperidine rings is 1. The van der Waals surface area contributed by atoms with Crippen molar-refractivity contribution < 1.29 is 9.53 Å². The molecule has 1 unspecified atom stereocenters. The lowest BCUT2D eigenvalue weighted by atomic mass is 9.77. The Kier molecular flexibility index (Phi) is 7.00. The van der Waals surface area contributed by atoms with Crippen molar-refractivity contribution in [3.63, 3.8) is 0 Å². The van der Waals surface area contributed by atoms with Crippen molar-refractivity contribution in [3.8, 4) is 16.9 Å². The van der Waals surface area contributed by atoms with Crippen LogP contribution in [0.25, 0.3) is 11.1 Å². The summed E-state index contributed by atoms with van der Waals surface area (Å²) in [5, 5.41) is 7.50. The Hall–Kier alpha value is -2.59. The molecule has 4 atom stereocenters. The van der Waals surface area contributed by atoms with E-state index in [1.165, 1.54) is 0 Å². The number of benzene rings is 2. The molecular formula is C28H34IN5O2. The van der Waals surface area contributed by atoms with E-state index in [1.807, 2.05) is 45.4 Å². The number of piperazine rings is 1. The molecule has 1 aromatic heterocycles. The largest absolute Gasteiger partial charge is 0.497 e. The predicted octanol–water partition coefficient (Wildman–Crippen LogP) is 4.80. The van der Waals surface area contributed by atoms with Crippen molar-refractivity contribution in [1.82, 2.24) is 20.0 Å². The van der Waals surface area contributed by atoms with Gasteiger partial charge in [0.2, 0.25) is 0 Å². The highest BCUT2D eigenvalue weighted by molar-refractivity contribution is 14.1. The number of alkyl halides is 1. The molecule has 36 heavy (non-hydrogen) atoms. The van der Waals surface area contributed by atoms with Crippen LogP contribution < -0.4 is 15.0 Å². The summed E-state index contributed by atoms with van der Waals surface area (Å²) in [5.74, 6) is 1.44. The minimum atomic E-state index is -0.188. The first kappa shape index (κ1) is 25.1. The predicted molar refractivity (Wildman–Crippen MR) is 152 cm³/mol. The summed E-state index contributed by atoms with van der Waals surface area (Å²) in [4.78, 5) is 18.5. The number of carbonyl (C=O) groups excluding carboxylic acids is 1. The molecule has 3 aliphatic rings. The molecule has 0 spiro atoms. The van der Waals surface area contributed by atoms with Crippen LogP contribution >= 0.6 is 22.6 Å². The number of hydrogen-bond acceptors (Lipinski definition) is 5. The molecule has 0 aliphatic carbocycles. The van der Waals surface area contributed by atoms with Crippen LogP contribution in [0, 0.1) is 12.8 Å². The van der Waals surface area contributed by atoms with Gasteiger partial charge in [-0.15, -0.1) is 0 Å². The molecule has 8 heteroatoms. The number of methoxy groups -OCH3 is 1. The lowest BCUT2D eigenvalue weighted by Crippen LogP contribution is -2.73. The number of aryl methyl sites for hydroxylation is 2. The van der Waals surface area contributed by atoms with Crippen molar-refractivity contribution in [2.45, 2.75) is 38.9 Å². The molecule has 0 radical (unpaired) electrons. The highest BCUT2D eigenvalue weighted by atomic mass is 127. The molecule has 1 amide bonds. The molecule has 6 rings (SSSR count). The zero-order chi connectivity index (χ0) is 25.6. The zero-order valence-electron chi connectivity index (χ0n) is 21.5. The molecule has 4 heterocycles. The molecule has 3 fully saturated rings. The van der Waals surface area contributed by atoms with E-state index >= 15 is 0 Å². The summed E-state index contributed by atoms with van der Waals surface area (Å²) in [5.41, 5.74) is 5.85. The summed E-state index contributed by atoms with van der Waals surface area (Å²) in [6, 6.07) is 13.4. The molecule has 0 saturated carbocycles. The quantitative estimate of drug-likeness (QED) is 0.240. The lowest BCUT2D eigenvalue weighted by molar-refractivity contribution is -0.0416. The number of anilines is 1. The summed E-state index contributed by atoms with van der Waals surface area (Å²) in [6.45, 7) is 8.41. The van der Waals surface area contributed by atoms with Crippen LogP contribution in [0.2, 0.25) is 0 Å². The molecular weight excluding hydrogens is 565 g/mol. The van der Waals surface area contributed by atoms with E-state index in [2.05, 4.69) is 74.0 Å². The molecule has 7 nitrogen and oxygen atoms in total. The van der Waals surface area contributed by atoms with Gasteiger partial charge >= 0.3 is 0 Å². The van der Waals surface area contributed by atoms with E-state index in [-0.39, 0.29) is 11.9 Å². The van der Waals surface area contributed by atoms with Gasteiger partial charge < -0.3 is 15.0 Å². The van der Waals surface area contributed by atoms with E-state index in [1.54, 1.807) is 11.8 Å². The smallest absolute Gasteiger partial charge is 0.252 e. The SMILES string of the molecule is COc1cc(-c2cnn(C)c2)cc([C@@H](C)NC(=O)c2cc(N3C[C@@H]4C(C)[C@H](C3)N4CI)ccc2C)c1. The molecule has 1 N–H and O–H groups in total. The highest BCUT2D eigenvalue weighted by Crippen LogP contribution is 2.40. The fourth-order valence-corrected chi connectivity index (χ4v) is 6.61. The average molecular weight is 600 g/mol. The molecule has 3 aromatic rings. The number of nitrogens with zero attached hydrogens (tertiary/aromatic N) is 4. The maximum Gasteiger partial charge on any atom is 0.252 e. The van der Waals surface area contributed by atoms with E-state index in [4.69, 9.17) is 4.74 Å². The Morgan fingerprint density at radius 2 is 1.94 bits per heavy atom. The van der Waals surface area contributed by atoms with Crippen LogP contribution in [0.15, 0.2) is 48.8 Å². The zero-order valence-corrected chi connectivity index (χ0v) is 23.7. The molecule has 3 saturated heterocycles. The van der Waals surface area contributed by atoms with Gasteiger partial charge in [-0.05, 0) is 66.8 Å². The second kappa shape index (κ2) is 10.0. The number of nitrogens with one attached hydrogen (secondary N) is 1. The van der Waals surface area contributed by atoms with Crippen molar-refractivity contribution in [1.29, 1.82) is 0 Å².